The Balaban J connectivity index is 1.42. The minimum atomic E-state index is -4.55. The molecule has 1 N–H and O–H groups in total. The number of hydrogen-bond donors (Lipinski definition) is 1. The molecule has 2 aromatic carbocycles. The minimum Gasteiger partial charge on any atom is -0.336 e. The Hall–Kier alpha value is -3.12. The highest BCUT2D eigenvalue weighted by molar-refractivity contribution is 7.89. The smallest absolute Gasteiger partial charge is 0.336 e. The third kappa shape index (κ3) is 4.60. The molecule has 4 rings (SSSR count). The minimum absolute atomic E-state index is 0.0279. The summed E-state index contributed by atoms with van der Waals surface area (Å²) in [7, 11) is -3.98. The molecule has 2 saturated heterocycles. The third-order valence-corrected chi connectivity index (χ3v) is 7.85. The molecule has 8 nitrogen and oxygen atoms in total. The zero-order valence-electron chi connectivity index (χ0n) is 18.3. The highest BCUT2D eigenvalue weighted by Crippen LogP contribution is 2.30. The van der Waals surface area contributed by atoms with E-state index in [1.54, 1.807) is 23.1 Å². The number of piperazine rings is 1. The molecular weight excluding hydrogens is 473 g/mol. The van der Waals surface area contributed by atoms with Gasteiger partial charge in [-0.05, 0) is 55.0 Å². The molecule has 0 unspecified atom stereocenters. The second-order valence-corrected chi connectivity index (χ2v) is 10.0. The summed E-state index contributed by atoms with van der Waals surface area (Å²) in [5, 5.41) is 2.73. The van der Waals surface area contributed by atoms with Crippen LogP contribution in [0.25, 0.3) is 0 Å². The molecule has 0 saturated carbocycles. The number of nitrogens with zero attached hydrogens (tertiary/aromatic N) is 3. The molecule has 0 spiro atoms. The van der Waals surface area contributed by atoms with Crippen LogP contribution in [0.1, 0.15) is 21.5 Å². The lowest BCUT2D eigenvalue weighted by molar-refractivity contribution is -0.137. The van der Waals surface area contributed by atoms with Crippen LogP contribution in [0.3, 0.4) is 0 Å². The largest absolute Gasteiger partial charge is 0.416 e. The van der Waals surface area contributed by atoms with E-state index in [4.69, 9.17) is 0 Å². The van der Waals surface area contributed by atoms with Crippen molar-refractivity contribution in [3.8, 4) is 0 Å². The average molecular weight is 497 g/mol. The number of carbonyl (C=O) groups is 2. The number of halogens is 3. The highest BCUT2D eigenvalue weighted by Gasteiger charge is 2.33. The Morgan fingerprint density at radius 3 is 2.15 bits per heavy atom. The van der Waals surface area contributed by atoms with E-state index >= 15 is 0 Å². The van der Waals surface area contributed by atoms with Gasteiger partial charge >= 0.3 is 12.2 Å². The summed E-state index contributed by atoms with van der Waals surface area (Å²) in [6.07, 6.45) is -4.55. The van der Waals surface area contributed by atoms with Crippen LogP contribution in [0.4, 0.5) is 23.7 Å². The Labute approximate surface area is 195 Å². The first-order chi connectivity index (χ1) is 16.0. The second kappa shape index (κ2) is 8.91. The lowest BCUT2D eigenvalue weighted by Crippen LogP contribution is -2.50. The predicted molar refractivity (Wildman–Crippen MR) is 118 cm³/mol. The summed E-state index contributed by atoms with van der Waals surface area (Å²) in [4.78, 5) is 27.8. The van der Waals surface area contributed by atoms with Crippen LogP contribution < -0.4 is 10.2 Å². The number of anilines is 1. The van der Waals surface area contributed by atoms with E-state index in [1.807, 2.05) is 6.92 Å². The molecule has 0 aliphatic carbocycles. The van der Waals surface area contributed by atoms with Crippen LogP contribution in [0.15, 0.2) is 47.4 Å². The summed E-state index contributed by atoms with van der Waals surface area (Å²) >= 11 is 0. The van der Waals surface area contributed by atoms with E-state index in [2.05, 4.69) is 5.32 Å². The van der Waals surface area contributed by atoms with Gasteiger partial charge in [0.2, 0.25) is 10.0 Å². The Kier molecular flexibility index (Phi) is 6.30. The number of alkyl halides is 3. The molecule has 0 bridgehead atoms. The van der Waals surface area contributed by atoms with Gasteiger partial charge in [-0.25, -0.2) is 13.2 Å². The van der Waals surface area contributed by atoms with Crippen LogP contribution >= 0.6 is 0 Å². The molecule has 34 heavy (non-hydrogen) atoms. The number of amides is 3. The molecule has 2 fully saturated rings. The van der Waals surface area contributed by atoms with Crippen LogP contribution in [0.2, 0.25) is 0 Å². The van der Waals surface area contributed by atoms with Crippen molar-refractivity contribution in [1.82, 2.24) is 14.5 Å². The van der Waals surface area contributed by atoms with E-state index in [9.17, 15) is 31.2 Å². The Bertz CT molecular complexity index is 1210. The van der Waals surface area contributed by atoms with Gasteiger partial charge in [-0.2, -0.15) is 17.5 Å². The van der Waals surface area contributed by atoms with Crippen LogP contribution in [0.5, 0.6) is 0 Å². The first kappa shape index (κ1) is 24.0. The summed E-state index contributed by atoms with van der Waals surface area (Å²) < 4.78 is 65.1. The topological polar surface area (TPSA) is 90.0 Å². The van der Waals surface area contributed by atoms with Crippen LogP contribution in [0, 0.1) is 6.92 Å². The van der Waals surface area contributed by atoms with Crippen molar-refractivity contribution >= 4 is 27.6 Å². The van der Waals surface area contributed by atoms with Crippen molar-refractivity contribution < 1.29 is 31.2 Å². The number of urea groups is 1. The average Bonchev–Trinajstić information content (AvgIpc) is 3.23. The van der Waals surface area contributed by atoms with Gasteiger partial charge in [0.05, 0.1) is 10.5 Å². The Morgan fingerprint density at radius 2 is 1.62 bits per heavy atom. The van der Waals surface area contributed by atoms with Gasteiger partial charge in [0.25, 0.3) is 5.91 Å². The monoisotopic (exact) mass is 496 g/mol. The number of carbonyl (C=O) groups excluding carboxylic acids is 2. The fourth-order valence-electron chi connectivity index (χ4n) is 4.07. The molecule has 3 amide bonds. The summed E-state index contributed by atoms with van der Waals surface area (Å²) in [5.74, 6) is -0.257. The van der Waals surface area contributed by atoms with E-state index < -0.39 is 21.8 Å². The van der Waals surface area contributed by atoms with E-state index in [-0.39, 0.29) is 43.0 Å². The summed E-state index contributed by atoms with van der Waals surface area (Å²) in [6, 6.07) is 8.25. The van der Waals surface area contributed by atoms with E-state index in [0.29, 0.717) is 18.7 Å². The SMILES string of the molecule is Cc1cc(C(=O)N2CCN(S(=O)(=O)c3ccc(C(F)(F)F)cc3)CC2)ccc1N1CCNC1=O. The van der Waals surface area contributed by atoms with Gasteiger partial charge in [-0.15, -0.1) is 0 Å². The molecule has 2 aromatic rings. The fraction of sp³-hybridized carbons (Fsp3) is 0.364. The lowest BCUT2D eigenvalue weighted by Gasteiger charge is -2.34. The van der Waals surface area contributed by atoms with Gasteiger partial charge in [0.15, 0.2) is 0 Å². The number of hydrogen-bond acceptors (Lipinski definition) is 4. The number of benzene rings is 2. The molecular formula is C22H23F3N4O4S. The zero-order chi connectivity index (χ0) is 24.7. The van der Waals surface area contributed by atoms with Crippen LogP contribution in [-0.2, 0) is 16.2 Å². The molecule has 12 heteroatoms. The first-order valence-electron chi connectivity index (χ1n) is 10.6. The predicted octanol–water partition coefficient (Wildman–Crippen LogP) is 2.69. The fourth-order valence-corrected chi connectivity index (χ4v) is 5.49. The second-order valence-electron chi connectivity index (χ2n) is 8.10. The maximum Gasteiger partial charge on any atom is 0.416 e. The molecule has 0 atom stereocenters. The first-order valence-corrected chi connectivity index (χ1v) is 12.1. The number of sulfonamides is 1. The van der Waals surface area contributed by atoms with Gasteiger partial charge in [-0.1, -0.05) is 0 Å². The standard InChI is InChI=1S/C22H23F3N4O4S/c1-15-14-16(2-7-19(15)29-9-8-26-21(29)31)20(30)27-10-12-28(13-11-27)34(32,33)18-5-3-17(4-6-18)22(23,24)25/h2-7,14H,8-13H2,1H3,(H,26,31). The molecule has 0 aromatic heterocycles. The molecule has 182 valence electrons. The number of aryl methyl sites for hydroxylation is 1. The van der Waals surface area contributed by atoms with Crippen molar-refractivity contribution in [3.05, 3.63) is 59.2 Å². The number of rotatable bonds is 4. The normalized spacial score (nSPS) is 17.7. The van der Waals surface area contributed by atoms with Crippen molar-refractivity contribution in [3.63, 3.8) is 0 Å². The van der Waals surface area contributed by atoms with Gasteiger partial charge in [0.1, 0.15) is 0 Å². The maximum absolute atomic E-state index is 13.0. The summed E-state index contributed by atoms with van der Waals surface area (Å²) in [5.41, 5.74) is 0.999. The lowest BCUT2D eigenvalue weighted by atomic mass is 10.1. The molecule has 2 heterocycles. The van der Waals surface area contributed by atoms with E-state index in [0.717, 1.165) is 35.5 Å². The maximum atomic E-state index is 13.0. The highest BCUT2D eigenvalue weighted by atomic mass is 32.2. The quantitative estimate of drug-likeness (QED) is 0.705. The molecule has 2 aliphatic heterocycles. The van der Waals surface area contributed by atoms with E-state index in [1.165, 1.54) is 9.21 Å². The van der Waals surface area contributed by atoms with Gasteiger partial charge in [-0.3, -0.25) is 9.69 Å². The molecule has 0 radical (unpaired) electrons. The molecule has 2 aliphatic rings. The van der Waals surface area contributed by atoms with Gasteiger partial charge < -0.3 is 10.2 Å². The van der Waals surface area contributed by atoms with Crippen molar-refractivity contribution in [1.29, 1.82) is 0 Å². The van der Waals surface area contributed by atoms with Gasteiger partial charge in [0, 0.05) is 50.5 Å². The third-order valence-electron chi connectivity index (χ3n) is 5.94. The zero-order valence-corrected chi connectivity index (χ0v) is 19.1. The van der Waals surface area contributed by atoms with Crippen molar-refractivity contribution in [2.24, 2.45) is 0 Å². The number of nitrogens with one attached hydrogen (secondary N) is 1. The van der Waals surface area contributed by atoms with Crippen LogP contribution in [-0.4, -0.2) is 68.8 Å². The van der Waals surface area contributed by atoms with Crippen molar-refractivity contribution in [2.45, 2.75) is 18.0 Å². The summed E-state index contributed by atoms with van der Waals surface area (Å²) in [6.45, 7) is 3.26. The Morgan fingerprint density at radius 1 is 0.971 bits per heavy atom. The van der Waals surface area contributed by atoms with Crippen molar-refractivity contribution in [2.75, 3.05) is 44.2 Å².